The molecule has 0 amide bonds. The fraction of sp³-hybridized carbons (Fsp3) is 1.00. The first-order chi connectivity index (χ1) is 4.83. The minimum atomic E-state index is -0.265. The normalized spacial score (nSPS) is 24.6. The zero-order chi connectivity index (χ0) is 7.45. The van der Waals surface area contributed by atoms with Gasteiger partial charge in [0.25, 0.3) is 0 Å². The van der Waals surface area contributed by atoms with E-state index in [2.05, 4.69) is 0 Å². The van der Waals surface area contributed by atoms with Crippen molar-refractivity contribution in [3.05, 3.63) is 0 Å². The molecule has 0 saturated heterocycles. The number of hydrogen-bond donors (Lipinski definition) is 0. The molecule has 0 atom stereocenters. The summed E-state index contributed by atoms with van der Waals surface area (Å²) in [4.78, 5) is 0. The van der Waals surface area contributed by atoms with Crippen LogP contribution in [0.15, 0.2) is 0 Å². The molecular weight excluding hydrogens is 358 g/mol. The van der Waals surface area contributed by atoms with Crippen LogP contribution >= 0.6 is 46.0 Å². The van der Waals surface area contributed by atoms with E-state index in [1.807, 2.05) is 46.0 Å². The van der Waals surface area contributed by atoms with Gasteiger partial charge in [-0.1, -0.05) is 6.42 Å². The summed E-state index contributed by atoms with van der Waals surface area (Å²) >= 11 is 3.86. The highest BCUT2D eigenvalue weighted by Gasteiger charge is 2.33. The Morgan fingerprint density at radius 3 is 1.70 bits per heavy atom. The van der Waals surface area contributed by atoms with E-state index in [-0.39, 0.29) is 5.79 Å². The van der Waals surface area contributed by atoms with E-state index in [9.17, 15) is 0 Å². The van der Waals surface area contributed by atoms with Gasteiger partial charge < -0.3 is 0 Å². The predicted octanol–water partition coefficient (Wildman–Crippen LogP) is 3.38. The van der Waals surface area contributed by atoms with Crippen LogP contribution in [-0.4, -0.2) is 5.79 Å². The minimum Gasteiger partial charge on any atom is -0.281 e. The highest BCUT2D eigenvalue weighted by molar-refractivity contribution is 14.1. The molecule has 0 aliphatic heterocycles. The molecule has 0 bridgehead atoms. The summed E-state index contributed by atoms with van der Waals surface area (Å²) in [5, 5.41) is 0. The first kappa shape index (κ1) is 9.47. The monoisotopic (exact) mass is 368 g/mol. The van der Waals surface area contributed by atoms with Crippen molar-refractivity contribution >= 4 is 46.0 Å². The summed E-state index contributed by atoms with van der Waals surface area (Å²) in [6.45, 7) is 0. The Balaban J connectivity index is 2.44. The first-order valence-electron chi connectivity index (χ1n) is 3.42. The lowest BCUT2D eigenvalue weighted by atomic mass is 9.95. The van der Waals surface area contributed by atoms with E-state index in [0.717, 1.165) is 12.8 Å². The van der Waals surface area contributed by atoms with Crippen molar-refractivity contribution in [1.29, 1.82) is 0 Å². The Morgan fingerprint density at radius 1 is 0.900 bits per heavy atom. The maximum Gasteiger partial charge on any atom is 0.190 e. The van der Waals surface area contributed by atoms with Gasteiger partial charge in [-0.05, 0) is 12.8 Å². The fourth-order valence-electron chi connectivity index (χ4n) is 1.26. The molecule has 4 heteroatoms. The van der Waals surface area contributed by atoms with Crippen molar-refractivity contribution in [3.8, 4) is 0 Å². The molecule has 0 spiro atoms. The average Bonchev–Trinajstić information content (AvgIpc) is 2.06. The zero-order valence-electron chi connectivity index (χ0n) is 5.61. The molecule has 10 heavy (non-hydrogen) atoms. The minimum absolute atomic E-state index is 0.265. The maximum absolute atomic E-state index is 5.27. The van der Waals surface area contributed by atoms with Crippen LogP contribution in [0.25, 0.3) is 0 Å². The van der Waals surface area contributed by atoms with Crippen LogP contribution in [0.1, 0.15) is 32.1 Å². The van der Waals surface area contributed by atoms with Crippen molar-refractivity contribution in [2.45, 2.75) is 37.9 Å². The van der Waals surface area contributed by atoms with E-state index in [1.54, 1.807) is 0 Å². The lowest BCUT2D eigenvalue weighted by Crippen LogP contribution is -2.32. The van der Waals surface area contributed by atoms with Gasteiger partial charge in [-0.15, -0.1) is 0 Å². The molecule has 2 nitrogen and oxygen atoms in total. The molecule has 60 valence electrons. The van der Waals surface area contributed by atoms with E-state index in [0.29, 0.717) is 0 Å². The van der Waals surface area contributed by atoms with Crippen LogP contribution in [0.5, 0.6) is 0 Å². The number of rotatable bonds is 2. The van der Waals surface area contributed by atoms with Gasteiger partial charge >= 0.3 is 0 Å². The standard InChI is InChI=1S/C6H10I2O2/c7-9-6(10-8)4-2-1-3-5-6/h1-5H2. The molecule has 0 heterocycles. The van der Waals surface area contributed by atoms with Gasteiger partial charge in [-0.2, -0.15) is 0 Å². The molecule has 1 aliphatic carbocycles. The Labute approximate surface area is 89.4 Å². The Morgan fingerprint density at radius 2 is 1.40 bits per heavy atom. The summed E-state index contributed by atoms with van der Waals surface area (Å²) < 4.78 is 10.5. The lowest BCUT2D eigenvalue weighted by molar-refractivity contribution is -0.0791. The second-order valence-corrected chi connectivity index (χ2v) is 3.51. The molecule has 1 rings (SSSR count). The summed E-state index contributed by atoms with van der Waals surface area (Å²) in [6.07, 6.45) is 5.86. The van der Waals surface area contributed by atoms with E-state index in [4.69, 9.17) is 6.13 Å². The third-order valence-corrected chi connectivity index (χ3v) is 3.50. The van der Waals surface area contributed by atoms with Crippen LogP contribution in [0.2, 0.25) is 0 Å². The molecule has 0 aromatic carbocycles. The van der Waals surface area contributed by atoms with Crippen molar-refractivity contribution in [3.63, 3.8) is 0 Å². The summed E-state index contributed by atoms with van der Waals surface area (Å²) in [7, 11) is 0. The summed E-state index contributed by atoms with van der Waals surface area (Å²) in [5.41, 5.74) is 0. The van der Waals surface area contributed by atoms with Crippen LogP contribution < -0.4 is 0 Å². The molecule has 1 fully saturated rings. The van der Waals surface area contributed by atoms with Gasteiger partial charge in [0.2, 0.25) is 0 Å². The van der Waals surface area contributed by atoms with Crippen molar-refractivity contribution < 1.29 is 6.13 Å². The van der Waals surface area contributed by atoms with Crippen LogP contribution in [0.4, 0.5) is 0 Å². The van der Waals surface area contributed by atoms with Gasteiger partial charge in [0.05, 0.1) is 0 Å². The van der Waals surface area contributed by atoms with Crippen molar-refractivity contribution in [2.75, 3.05) is 0 Å². The van der Waals surface area contributed by atoms with E-state index >= 15 is 0 Å². The van der Waals surface area contributed by atoms with E-state index < -0.39 is 0 Å². The molecule has 0 aromatic heterocycles. The molecule has 0 radical (unpaired) electrons. The zero-order valence-corrected chi connectivity index (χ0v) is 9.92. The van der Waals surface area contributed by atoms with Gasteiger partial charge in [0.1, 0.15) is 46.0 Å². The van der Waals surface area contributed by atoms with E-state index in [1.165, 1.54) is 19.3 Å². The Bertz CT molecular complexity index is 95.9. The average molecular weight is 368 g/mol. The lowest BCUT2D eigenvalue weighted by Gasteiger charge is -2.31. The largest absolute Gasteiger partial charge is 0.281 e. The van der Waals surface area contributed by atoms with Gasteiger partial charge in [0, 0.05) is 12.8 Å². The maximum atomic E-state index is 5.27. The third kappa shape index (κ3) is 2.18. The molecule has 0 N–H and O–H groups in total. The SMILES string of the molecule is IOC1(OI)CCCCC1. The predicted molar refractivity (Wildman–Crippen MR) is 56.0 cm³/mol. The second-order valence-electron chi connectivity index (χ2n) is 2.63. The summed E-state index contributed by atoms with van der Waals surface area (Å²) in [6, 6.07) is 0. The number of hydrogen-bond acceptors (Lipinski definition) is 2. The third-order valence-electron chi connectivity index (χ3n) is 1.90. The van der Waals surface area contributed by atoms with Gasteiger partial charge in [-0.3, -0.25) is 6.13 Å². The molecule has 1 saturated carbocycles. The molecule has 1 aliphatic rings. The fourth-order valence-corrected chi connectivity index (χ4v) is 2.66. The Kier molecular flexibility index (Phi) is 4.18. The first-order valence-corrected chi connectivity index (χ1v) is 5.19. The molecule has 0 unspecified atom stereocenters. The quantitative estimate of drug-likeness (QED) is 0.550. The smallest absolute Gasteiger partial charge is 0.190 e. The topological polar surface area (TPSA) is 18.5 Å². The second kappa shape index (κ2) is 4.42. The summed E-state index contributed by atoms with van der Waals surface area (Å²) in [5.74, 6) is -0.265. The Hall–Kier alpha value is 1.38. The highest BCUT2D eigenvalue weighted by atomic mass is 127. The van der Waals surface area contributed by atoms with Crippen molar-refractivity contribution in [2.24, 2.45) is 0 Å². The van der Waals surface area contributed by atoms with Crippen LogP contribution in [0, 0.1) is 0 Å². The van der Waals surface area contributed by atoms with Crippen LogP contribution in [-0.2, 0) is 6.13 Å². The van der Waals surface area contributed by atoms with Crippen molar-refractivity contribution in [1.82, 2.24) is 0 Å². The molecule has 0 aromatic rings. The van der Waals surface area contributed by atoms with Crippen LogP contribution in [0.3, 0.4) is 0 Å². The van der Waals surface area contributed by atoms with Gasteiger partial charge in [-0.25, -0.2) is 0 Å². The number of halogens is 2. The van der Waals surface area contributed by atoms with Gasteiger partial charge in [0.15, 0.2) is 5.79 Å². The molecular formula is C6H10I2O2. The highest BCUT2D eigenvalue weighted by Crippen LogP contribution is 2.35.